The van der Waals surface area contributed by atoms with E-state index in [1.165, 1.54) is 27.4 Å². The van der Waals surface area contributed by atoms with Gasteiger partial charge in [0.15, 0.2) is 0 Å². The average Bonchev–Trinajstić information content (AvgIpc) is 3.91. The summed E-state index contributed by atoms with van der Waals surface area (Å²) in [5.74, 6) is 0. The van der Waals surface area contributed by atoms with Crippen LogP contribution in [0.3, 0.4) is 0 Å². The van der Waals surface area contributed by atoms with Crippen LogP contribution in [0.15, 0.2) is 170 Å². The molecule has 278 valence electrons. The summed E-state index contributed by atoms with van der Waals surface area (Å²) in [5, 5.41) is 27.2. The van der Waals surface area contributed by atoms with Crippen LogP contribution in [0.1, 0.15) is 37.5 Å². The lowest BCUT2D eigenvalue weighted by molar-refractivity contribution is 0.590. The van der Waals surface area contributed by atoms with Gasteiger partial charge in [0.05, 0.1) is 56.4 Å². The Bertz CT molecular complexity index is 3570. The summed E-state index contributed by atoms with van der Waals surface area (Å²) in [6.07, 6.45) is 0. The van der Waals surface area contributed by atoms with E-state index in [1.54, 1.807) is 0 Å². The van der Waals surface area contributed by atoms with Crippen molar-refractivity contribution in [2.24, 2.45) is 0 Å². The molecule has 0 aliphatic heterocycles. The van der Waals surface area contributed by atoms with E-state index >= 15 is 0 Å². The summed E-state index contributed by atoms with van der Waals surface area (Å²) in [4.78, 5) is 0. The number of hydrogen-bond donors (Lipinski definition) is 0. The molecule has 0 N–H and O–H groups in total. The van der Waals surface area contributed by atoms with Crippen LogP contribution in [-0.4, -0.2) is 13.7 Å². The van der Waals surface area contributed by atoms with Crippen molar-refractivity contribution in [1.29, 1.82) is 10.5 Å². The molecule has 0 spiro atoms. The molecule has 8 aromatic carbocycles. The lowest BCUT2D eigenvalue weighted by Gasteiger charge is -2.23. The number of nitrogens with zero attached hydrogens (tertiary/aromatic N) is 5. The Kier molecular flexibility index (Phi) is 7.48. The molecule has 0 radical (unpaired) electrons. The van der Waals surface area contributed by atoms with E-state index in [0.717, 1.165) is 71.8 Å². The van der Waals surface area contributed by atoms with Crippen molar-refractivity contribution in [2.75, 3.05) is 0 Å². The fourth-order valence-electron chi connectivity index (χ4n) is 9.21. The summed E-state index contributed by atoms with van der Waals surface area (Å²) in [6.45, 7) is 6.72. The Balaban J connectivity index is 1.13. The van der Waals surface area contributed by atoms with Crippen LogP contribution in [0.4, 0.5) is 0 Å². The second-order valence-electron chi connectivity index (χ2n) is 16.5. The zero-order valence-electron chi connectivity index (χ0n) is 32.9. The predicted octanol–water partition coefficient (Wildman–Crippen LogP) is 13.7. The maximum absolute atomic E-state index is 10.6. The van der Waals surface area contributed by atoms with Crippen molar-refractivity contribution in [3.8, 4) is 40.3 Å². The molecule has 0 aliphatic rings. The molecule has 5 nitrogen and oxygen atoms in total. The molecule has 11 aromatic rings. The molecule has 0 aliphatic carbocycles. The molecule has 0 bridgehead atoms. The van der Waals surface area contributed by atoms with Crippen molar-refractivity contribution in [3.05, 3.63) is 187 Å². The molecule has 0 saturated heterocycles. The zero-order chi connectivity index (χ0) is 40.0. The van der Waals surface area contributed by atoms with Crippen LogP contribution >= 0.6 is 0 Å². The maximum Gasteiger partial charge on any atom is 0.0992 e. The van der Waals surface area contributed by atoms with Gasteiger partial charge in [-0.1, -0.05) is 99.6 Å². The minimum absolute atomic E-state index is 0.159. The van der Waals surface area contributed by atoms with Crippen LogP contribution in [0.25, 0.3) is 93.6 Å². The van der Waals surface area contributed by atoms with Gasteiger partial charge in [-0.3, -0.25) is 0 Å². The third-order valence-corrected chi connectivity index (χ3v) is 12.0. The van der Waals surface area contributed by atoms with Gasteiger partial charge in [0.2, 0.25) is 0 Å². The summed E-state index contributed by atoms with van der Waals surface area (Å²) in [7, 11) is 0. The van der Waals surface area contributed by atoms with Crippen molar-refractivity contribution in [2.45, 2.75) is 26.2 Å². The van der Waals surface area contributed by atoms with Crippen LogP contribution in [0.2, 0.25) is 0 Å². The fourth-order valence-corrected chi connectivity index (χ4v) is 9.21. The van der Waals surface area contributed by atoms with Crippen LogP contribution in [0, 0.1) is 22.7 Å². The minimum atomic E-state index is -0.159. The molecular weight excluding hydrogens is 719 g/mol. The second-order valence-corrected chi connectivity index (χ2v) is 16.5. The highest BCUT2D eigenvalue weighted by Crippen LogP contribution is 2.40. The zero-order valence-corrected chi connectivity index (χ0v) is 32.9. The topological polar surface area (TPSA) is 62.4 Å². The number of rotatable bonds is 4. The Morgan fingerprint density at radius 2 is 0.780 bits per heavy atom. The van der Waals surface area contributed by atoms with Crippen molar-refractivity contribution >= 4 is 65.4 Å². The van der Waals surface area contributed by atoms with Gasteiger partial charge in [0.25, 0.3) is 0 Å². The van der Waals surface area contributed by atoms with Crippen molar-refractivity contribution < 1.29 is 0 Å². The predicted molar refractivity (Wildman–Crippen MR) is 243 cm³/mol. The summed E-state index contributed by atoms with van der Waals surface area (Å²) >= 11 is 0. The summed E-state index contributed by atoms with van der Waals surface area (Å²) in [5.41, 5.74) is 13.9. The summed E-state index contributed by atoms with van der Waals surface area (Å²) < 4.78 is 6.98. The van der Waals surface area contributed by atoms with E-state index in [4.69, 9.17) is 0 Å². The van der Waals surface area contributed by atoms with Crippen molar-refractivity contribution in [1.82, 2.24) is 13.7 Å². The molecule has 11 rings (SSSR count). The Hall–Kier alpha value is -7.86. The molecule has 3 heterocycles. The quantitative estimate of drug-likeness (QED) is 0.180. The Morgan fingerprint density at radius 1 is 0.356 bits per heavy atom. The van der Waals surface area contributed by atoms with E-state index in [0.29, 0.717) is 11.1 Å². The van der Waals surface area contributed by atoms with Gasteiger partial charge in [-0.2, -0.15) is 10.5 Å². The third kappa shape index (κ3) is 5.29. The standard InChI is InChI=1S/C54H37N5/c1-54(2,3)38-27-37(29-41(30-38)59-50-18-10-6-14-44(50)46-26-34(32-55)20-22-52(46)59)36-24-35(33-56)25-40(28-36)58-51-19-11-7-15-45(51)47-31-39(21-23-53(47)58)57-48-16-8-4-12-42(48)43-13-5-9-17-49(43)57/h4-31H,1-3H3. The molecule has 0 saturated carbocycles. The average molecular weight is 756 g/mol. The van der Waals surface area contributed by atoms with Gasteiger partial charge in [0, 0.05) is 49.4 Å². The first-order valence-electron chi connectivity index (χ1n) is 20.0. The molecule has 0 amide bonds. The van der Waals surface area contributed by atoms with Crippen LogP contribution < -0.4 is 0 Å². The number of para-hydroxylation sites is 4. The smallest absolute Gasteiger partial charge is 0.0992 e. The van der Waals surface area contributed by atoms with Gasteiger partial charge in [-0.05, 0) is 113 Å². The number of benzene rings is 8. The van der Waals surface area contributed by atoms with Crippen LogP contribution in [0.5, 0.6) is 0 Å². The molecular formula is C54H37N5. The number of nitriles is 2. The molecule has 0 fully saturated rings. The normalized spacial score (nSPS) is 11.9. The number of aromatic nitrogens is 3. The van der Waals surface area contributed by atoms with E-state index in [-0.39, 0.29) is 5.41 Å². The second kappa shape index (κ2) is 12.8. The van der Waals surface area contributed by atoms with E-state index < -0.39 is 0 Å². The Labute approximate surface area is 341 Å². The van der Waals surface area contributed by atoms with Gasteiger partial charge >= 0.3 is 0 Å². The molecule has 59 heavy (non-hydrogen) atoms. The lowest BCUT2D eigenvalue weighted by Crippen LogP contribution is -2.12. The van der Waals surface area contributed by atoms with Gasteiger partial charge in [0.1, 0.15) is 0 Å². The monoisotopic (exact) mass is 755 g/mol. The molecule has 0 unspecified atom stereocenters. The highest BCUT2D eigenvalue weighted by molar-refractivity contribution is 6.13. The molecule has 3 aromatic heterocycles. The maximum atomic E-state index is 10.6. The molecule has 0 atom stereocenters. The first kappa shape index (κ1) is 34.4. The van der Waals surface area contributed by atoms with E-state index in [9.17, 15) is 10.5 Å². The number of fused-ring (bicyclic) bond motifs is 9. The fraction of sp³-hybridized carbons (Fsp3) is 0.0741. The SMILES string of the molecule is CC(C)(C)c1cc(-c2cc(C#N)cc(-n3c4ccccc4c4cc(-n5c6ccccc6c6ccccc65)ccc43)c2)cc(-n2c3ccccc3c3cc(C#N)ccc32)c1. The van der Waals surface area contributed by atoms with Crippen LogP contribution in [-0.2, 0) is 5.41 Å². The highest BCUT2D eigenvalue weighted by atomic mass is 15.0. The first-order valence-corrected chi connectivity index (χ1v) is 20.0. The van der Waals surface area contributed by atoms with Gasteiger partial charge in [-0.15, -0.1) is 0 Å². The van der Waals surface area contributed by atoms with E-state index in [2.05, 4.69) is 192 Å². The first-order chi connectivity index (χ1) is 28.8. The van der Waals surface area contributed by atoms with E-state index in [1.807, 2.05) is 24.3 Å². The largest absolute Gasteiger partial charge is 0.309 e. The van der Waals surface area contributed by atoms with Crippen molar-refractivity contribution in [3.63, 3.8) is 0 Å². The van der Waals surface area contributed by atoms with Gasteiger partial charge < -0.3 is 13.7 Å². The van der Waals surface area contributed by atoms with Gasteiger partial charge in [-0.25, -0.2) is 0 Å². The lowest BCUT2D eigenvalue weighted by atomic mass is 9.84. The number of hydrogen-bond acceptors (Lipinski definition) is 2. The molecule has 5 heteroatoms. The highest BCUT2D eigenvalue weighted by Gasteiger charge is 2.21. The Morgan fingerprint density at radius 3 is 1.31 bits per heavy atom. The summed E-state index contributed by atoms with van der Waals surface area (Å²) in [6, 6.07) is 64.7. The third-order valence-electron chi connectivity index (χ3n) is 12.0. The minimum Gasteiger partial charge on any atom is -0.309 e.